The second-order valence-electron chi connectivity index (χ2n) is 11.9. The number of anilines is 1. The Kier molecular flexibility index (Phi) is 10.9. The van der Waals surface area contributed by atoms with Crippen LogP contribution in [0, 0.1) is 11.8 Å². The molecule has 1 aliphatic carbocycles. The number of nitrogens with zero attached hydrogens (tertiary/aromatic N) is 2. The van der Waals surface area contributed by atoms with Gasteiger partial charge in [-0.05, 0) is 92.0 Å². The molecule has 270 valence electrons. The standard InChI is InChI=1S/C31H31F9N2O7/c1-16-26(19-10-21(29(32,33)34)13-22(11-19)30(35,36)37)48-28(46)41(16)15-20-12-23(49-31(38,39)40)7-8-24(20)42(27(45)47-2)14-18-5-3-17(4-6-18)9-25(43)44/h7-8,10-13,16-18,26H,3-6,9,14-15H2,1-2H3,(H,43,44)/t16-,17-,18-,26-/m0/s1. The lowest BCUT2D eigenvalue weighted by molar-refractivity contribution is -0.274. The molecule has 0 spiro atoms. The highest BCUT2D eigenvalue weighted by Gasteiger charge is 2.44. The van der Waals surface area contributed by atoms with Crippen LogP contribution >= 0.6 is 0 Å². The monoisotopic (exact) mass is 714 g/mol. The third-order valence-corrected chi connectivity index (χ3v) is 8.51. The van der Waals surface area contributed by atoms with Crippen LogP contribution in [0.4, 0.5) is 54.8 Å². The molecule has 2 amide bonds. The van der Waals surface area contributed by atoms with Gasteiger partial charge in [-0.3, -0.25) is 14.6 Å². The zero-order valence-corrected chi connectivity index (χ0v) is 25.9. The van der Waals surface area contributed by atoms with Crippen molar-refractivity contribution in [3.8, 4) is 5.75 Å². The number of carboxylic acid groups (broad SMARTS) is 1. The minimum absolute atomic E-state index is 0.00792. The van der Waals surface area contributed by atoms with Gasteiger partial charge in [0.05, 0.1) is 36.5 Å². The van der Waals surface area contributed by atoms with E-state index in [4.69, 9.17) is 14.6 Å². The summed E-state index contributed by atoms with van der Waals surface area (Å²) in [5, 5.41) is 9.10. The Morgan fingerprint density at radius 3 is 2.00 bits per heavy atom. The van der Waals surface area contributed by atoms with E-state index in [1.165, 1.54) is 6.92 Å². The fraction of sp³-hybridized carbons (Fsp3) is 0.516. The maximum Gasteiger partial charge on any atom is 0.573 e. The van der Waals surface area contributed by atoms with E-state index in [1.54, 1.807) is 0 Å². The minimum atomic E-state index is -5.18. The predicted octanol–water partition coefficient (Wildman–Crippen LogP) is 8.56. The van der Waals surface area contributed by atoms with Crippen molar-refractivity contribution in [1.29, 1.82) is 0 Å². The second kappa shape index (κ2) is 14.2. The predicted molar refractivity (Wildman–Crippen MR) is 151 cm³/mol. The largest absolute Gasteiger partial charge is 0.573 e. The maximum atomic E-state index is 13.5. The zero-order valence-electron chi connectivity index (χ0n) is 25.9. The molecule has 2 aromatic rings. The summed E-state index contributed by atoms with van der Waals surface area (Å²) < 4.78 is 135. The Morgan fingerprint density at radius 1 is 0.918 bits per heavy atom. The summed E-state index contributed by atoms with van der Waals surface area (Å²) in [6.07, 6.45) is -17.2. The number of rotatable bonds is 9. The Labute approximate surface area is 273 Å². The topological polar surface area (TPSA) is 106 Å². The van der Waals surface area contributed by atoms with Crippen LogP contribution in [-0.4, -0.2) is 54.2 Å². The Bertz CT molecular complexity index is 1500. The zero-order chi connectivity index (χ0) is 36.5. The molecule has 1 N–H and O–H groups in total. The van der Waals surface area contributed by atoms with Crippen molar-refractivity contribution < 1.29 is 73.2 Å². The molecule has 18 heteroatoms. The summed E-state index contributed by atoms with van der Waals surface area (Å²) in [6.45, 7) is 0.656. The molecule has 4 rings (SSSR count). The number of aliphatic carboxylic acids is 1. The minimum Gasteiger partial charge on any atom is -0.481 e. The molecule has 0 aromatic heterocycles. The molecule has 0 unspecified atom stereocenters. The van der Waals surface area contributed by atoms with E-state index in [0.717, 1.165) is 35.1 Å². The fourth-order valence-electron chi connectivity index (χ4n) is 6.14. The van der Waals surface area contributed by atoms with Gasteiger partial charge in [-0.15, -0.1) is 13.2 Å². The first-order valence-corrected chi connectivity index (χ1v) is 14.9. The molecule has 1 heterocycles. The average molecular weight is 715 g/mol. The highest BCUT2D eigenvalue weighted by Crippen LogP contribution is 2.42. The Balaban J connectivity index is 1.68. The first kappa shape index (κ1) is 37.4. The first-order valence-electron chi connectivity index (χ1n) is 14.9. The van der Waals surface area contributed by atoms with Crippen LogP contribution in [-0.2, 0) is 33.2 Å². The maximum absolute atomic E-state index is 13.5. The van der Waals surface area contributed by atoms with Crippen LogP contribution in [0.5, 0.6) is 5.75 Å². The third kappa shape index (κ3) is 9.41. The van der Waals surface area contributed by atoms with Crippen molar-refractivity contribution in [3.63, 3.8) is 0 Å². The molecule has 9 nitrogen and oxygen atoms in total. The van der Waals surface area contributed by atoms with Gasteiger partial charge in [-0.2, -0.15) is 26.3 Å². The van der Waals surface area contributed by atoms with Crippen molar-refractivity contribution in [2.75, 3.05) is 18.6 Å². The van der Waals surface area contributed by atoms with E-state index in [2.05, 4.69) is 4.74 Å². The van der Waals surface area contributed by atoms with Crippen molar-refractivity contribution in [3.05, 3.63) is 58.7 Å². The number of carbonyl (C=O) groups excluding carboxylic acids is 2. The fourth-order valence-corrected chi connectivity index (χ4v) is 6.14. The van der Waals surface area contributed by atoms with E-state index in [9.17, 15) is 53.9 Å². The summed E-state index contributed by atoms with van der Waals surface area (Å²) in [7, 11) is 1.06. The highest BCUT2D eigenvalue weighted by atomic mass is 19.4. The number of cyclic esters (lactones) is 1. The van der Waals surface area contributed by atoms with Gasteiger partial charge >= 0.3 is 36.9 Å². The average Bonchev–Trinajstić information content (AvgIpc) is 3.27. The van der Waals surface area contributed by atoms with Gasteiger partial charge in [0.2, 0.25) is 0 Å². The van der Waals surface area contributed by atoms with E-state index in [1.807, 2.05) is 0 Å². The third-order valence-electron chi connectivity index (χ3n) is 8.51. The van der Waals surface area contributed by atoms with Crippen LogP contribution in [0.2, 0.25) is 0 Å². The number of carboxylic acids is 1. The van der Waals surface area contributed by atoms with Crippen molar-refractivity contribution in [2.45, 2.75) is 76.4 Å². The quantitative estimate of drug-likeness (QED) is 0.260. The smallest absolute Gasteiger partial charge is 0.481 e. The highest BCUT2D eigenvalue weighted by molar-refractivity contribution is 5.89. The molecule has 1 aliphatic heterocycles. The molecule has 0 bridgehead atoms. The number of hydrogen-bond donors (Lipinski definition) is 1. The van der Waals surface area contributed by atoms with E-state index in [-0.39, 0.29) is 42.1 Å². The van der Waals surface area contributed by atoms with Crippen LogP contribution in [0.3, 0.4) is 0 Å². The van der Waals surface area contributed by atoms with Gasteiger partial charge in [-0.25, -0.2) is 9.59 Å². The van der Waals surface area contributed by atoms with Crippen LogP contribution in [0.25, 0.3) is 0 Å². The summed E-state index contributed by atoms with van der Waals surface area (Å²) >= 11 is 0. The molecule has 1 saturated heterocycles. The number of carbonyl (C=O) groups is 3. The number of benzene rings is 2. The number of hydrogen-bond acceptors (Lipinski definition) is 6. The molecular formula is C31H31F9N2O7. The van der Waals surface area contributed by atoms with Crippen LogP contribution in [0.15, 0.2) is 36.4 Å². The van der Waals surface area contributed by atoms with E-state index in [0.29, 0.717) is 37.8 Å². The SMILES string of the molecule is COC(=O)N(C[C@H]1CC[C@H](CC(=O)O)CC1)c1ccc(OC(F)(F)F)cc1CN1C(=O)O[C@H](c2cc(C(F)(F)F)cc(C(F)(F)F)c2)[C@@H]1C. The van der Waals surface area contributed by atoms with Gasteiger partial charge in [0.15, 0.2) is 0 Å². The Hall–Kier alpha value is -4.38. The van der Waals surface area contributed by atoms with Crippen molar-refractivity contribution in [1.82, 2.24) is 4.90 Å². The Morgan fingerprint density at radius 2 is 1.49 bits per heavy atom. The summed E-state index contributed by atoms with van der Waals surface area (Å²) in [5.41, 5.74) is -4.02. The molecule has 49 heavy (non-hydrogen) atoms. The number of methoxy groups -OCH3 is 1. The van der Waals surface area contributed by atoms with Gasteiger partial charge in [0.25, 0.3) is 0 Å². The summed E-state index contributed by atoms with van der Waals surface area (Å²) in [5.74, 6) is -1.94. The molecular weight excluding hydrogens is 683 g/mol. The lowest BCUT2D eigenvalue weighted by Crippen LogP contribution is -2.38. The van der Waals surface area contributed by atoms with Gasteiger partial charge in [-0.1, -0.05) is 0 Å². The van der Waals surface area contributed by atoms with Gasteiger partial charge < -0.3 is 19.3 Å². The number of halogens is 9. The van der Waals surface area contributed by atoms with Crippen molar-refractivity contribution in [2.24, 2.45) is 11.8 Å². The first-order chi connectivity index (χ1) is 22.7. The molecule has 1 saturated carbocycles. The van der Waals surface area contributed by atoms with Gasteiger partial charge in [0, 0.05) is 13.0 Å². The summed E-state index contributed by atoms with van der Waals surface area (Å²) in [6, 6.07) is 2.44. The number of alkyl halides is 9. The van der Waals surface area contributed by atoms with Gasteiger partial charge in [0.1, 0.15) is 11.9 Å². The lowest BCUT2D eigenvalue weighted by atomic mass is 9.80. The molecule has 0 radical (unpaired) electrons. The normalized spacial score (nSPS) is 21.7. The number of ether oxygens (including phenoxy) is 3. The van der Waals surface area contributed by atoms with Crippen LogP contribution < -0.4 is 9.64 Å². The number of amides is 2. The molecule has 2 atom stereocenters. The second-order valence-corrected chi connectivity index (χ2v) is 11.9. The molecule has 2 fully saturated rings. The van der Waals surface area contributed by atoms with E-state index >= 15 is 0 Å². The molecule has 2 aromatic carbocycles. The van der Waals surface area contributed by atoms with E-state index < -0.39 is 78.0 Å². The van der Waals surface area contributed by atoms with Crippen LogP contribution in [0.1, 0.15) is 67.4 Å². The van der Waals surface area contributed by atoms with Crippen molar-refractivity contribution >= 4 is 23.8 Å². The lowest BCUT2D eigenvalue weighted by Gasteiger charge is -2.33. The summed E-state index contributed by atoms with van der Waals surface area (Å²) in [4.78, 5) is 39.2. The molecule has 2 aliphatic rings.